The summed E-state index contributed by atoms with van der Waals surface area (Å²) in [5, 5.41) is 8.70. The van der Waals surface area contributed by atoms with Crippen LogP contribution in [0.1, 0.15) is 0 Å². The lowest BCUT2D eigenvalue weighted by Gasteiger charge is -1.79. The molecule has 1 aromatic heterocycles. The van der Waals surface area contributed by atoms with E-state index >= 15 is 0 Å². The van der Waals surface area contributed by atoms with E-state index in [0.29, 0.717) is 0 Å². The van der Waals surface area contributed by atoms with E-state index in [2.05, 4.69) is 4.98 Å². The molecule has 44 valence electrons. The van der Waals surface area contributed by atoms with Crippen LogP contribution in [0.25, 0.3) is 0 Å². The van der Waals surface area contributed by atoms with Crippen molar-refractivity contribution in [3.8, 4) is 5.88 Å². The van der Waals surface area contributed by atoms with Gasteiger partial charge in [0.25, 0.3) is 0 Å². The molecule has 0 aromatic carbocycles. The monoisotopic (exact) mass is 132 g/mol. The van der Waals surface area contributed by atoms with Crippen molar-refractivity contribution in [2.45, 2.75) is 0 Å². The number of H-pyrrole nitrogens is 1. The van der Waals surface area contributed by atoms with Crippen LogP contribution in [0.15, 0.2) is 4.79 Å². The van der Waals surface area contributed by atoms with E-state index in [1.165, 1.54) is 0 Å². The van der Waals surface area contributed by atoms with Gasteiger partial charge in [-0.25, -0.2) is 0 Å². The van der Waals surface area contributed by atoms with E-state index in [1.54, 1.807) is 0 Å². The van der Waals surface area contributed by atoms with Crippen LogP contribution in [0.3, 0.4) is 0 Å². The molecule has 5 heteroatoms. The largest absolute Gasteiger partial charge is 0.492 e. The first-order valence-corrected chi connectivity index (χ1v) is 2.69. The molecule has 1 rings (SSSR count). The first kappa shape index (κ1) is 5.17. The van der Waals surface area contributed by atoms with E-state index in [0.717, 1.165) is 11.3 Å². The summed E-state index contributed by atoms with van der Waals surface area (Å²) in [7, 11) is 0. The minimum absolute atomic E-state index is 0.134. The molecule has 0 unspecified atom stereocenters. The second-order valence-electron chi connectivity index (χ2n) is 1.23. The highest BCUT2D eigenvalue weighted by Crippen LogP contribution is 2.16. The summed E-state index contributed by atoms with van der Waals surface area (Å²) in [5.74, 6) is -0.236. The van der Waals surface area contributed by atoms with Crippen molar-refractivity contribution in [2.24, 2.45) is 0 Å². The number of rotatable bonds is 0. The van der Waals surface area contributed by atoms with Gasteiger partial charge < -0.3 is 10.8 Å². The zero-order valence-electron chi connectivity index (χ0n) is 3.84. The Kier molecular flexibility index (Phi) is 0.980. The summed E-state index contributed by atoms with van der Waals surface area (Å²) in [6, 6.07) is 0. The topological polar surface area (TPSA) is 79.1 Å². The van der Waals surface area contributed by atoms with Crippen molar-refractivity contribution in [1.82, 2.24) is 4.98 Å². The fraction of sp³-hybridized carbons (Fsp3) is 0. The predicted molar refractivity (Wildman–Crippen MR) is 31.0 cm³/mol. The van der Waals surface area contributed by atoms with E-state index in [1.807, 2.05) is 0 Å². The van der Waals surface area contributed by atoms with Crippen molar-refractivity contribution >= 4 is 16.3 Å². The maximum absolute atomic E-state index is 10.2. The fourth-order valence-corrected chi connectivity index (χ4v) is 0.827. The van der Waals surface area contributed by atoms with Gasteiger partial charge >= 0.3 is 4.87 Å². The van der Waals surface area contributed by atoms with Crippen molar-refractivity contribution in [3.63, 3.8) is 0 Å². The van der Waals surface area contributed by atoms with E-state index in [4.69, 9.17) is 10.8 Å². The van der Waals surface area contributed by atoms with Gasteiger partial charge in [-0.2, -0.15) is 0 Å². The molecular formula is C3H4N2O2S. The number of hydrogen-bond donors (Lipinski definition) is 3. The number of thiazole rings is 1. The molecule has 0 amide bonds. The molecule has 0 atom stereocenters. The number of hydrogen-bond acceptors (Lipinski definition) is 4. The molecule has 0 aliphatic carbocycles. The molecule has 0 aliphatic rings. The Bertz CT molecular complexity index is 215. The molecule has 4 nitrogen and oxygen atoms in total. The minimum Gasteiger partial charge on any atom is -0.492 e. The number of nitrogen functional groups attached to an aromatic ring is 1. The molecule has 1 heterocycles. The summed E-state index contributed by atoms with van der Waals surface area (Å²) in [6.45, 7) is 0. The average molecular weight is 132 g/mol. The number of nitrogens with two attached hydrogens (primary N) is 1. The molecule has 4 N–H and O–H groups in total. The van der Waals surface area contributed by atoms with Crippen LogP contribution in [0.4, 0.5) is 5.00 Å². The molecule has 0 fully saturated rings. The second kappa shape index (κ2) is 1.52. The summed E-state index contributed by atoms with van der Waals surface area (Å²) in [4.78, 5) is 12.0. The van der Waals surface area contributed by atoms with E-state index < -0.39 is 0 Å². The molecule has 0 bridgehead atoms. The van der Waals surface area contributed by atoms with Gasteiger partial charge in [0.05, 0.1) is 0 Å². The van der Waals surface area contributed by atoms with Crippen molar-refractivity contribution in [3.05, 3.63) is 9.67 Å². The number of anilines is 1. The Morgan fingerprint density at radius 2 is 2.38 bits per heavy atom. The highest BCUT2D eigenvalue weighted by atomic mass is 32.1. The lowest BCUT2D eigenvalue weighted by atomic mass is 10.8. The maximum atomic E-state index is 10.2. The standard InChI is InChI=1S/C3H4N2O2S/c4-1-2(6)5-3(7)8-1/h6H,4H2,(H,5,7). The zero-order valence-corrected chi connectivity index (χ0v) is 4.66. The molecule has 0 saturated carbocycles. The first-order chi connectivity index (χ1) is 3.70. The number of aromatic hydroxyl groups is 1. The van der Waals surface area contributed by atoms with Gasteiger partial charge in [0.15, 0.2) is 5.00 Å². The van der Waals surface area contributed by atoms with Crippen LogP contribution in [-0.4, -0.2) is 10.1 Å². The molecule has 0 spiro atoms. The van der Waals surface area contributed by atoms with Gasteiger partial charge in [-0.3, -0.25) is 9.78 Å². The van der Waals surface area contributed by atoms with Crippen LogP contribution in [0.5, 0.6) is 5.88 Å². The third kappa shape index (κ3) is 0.671. The van der Waals surface area contributed by atoms with Gasteiger partial charge in [-0.1, -0.05) is 11.3 Å². The SMILES string of the molecule is Nc1sc(=O)[nH]c1O. The lowest BCUT2D eigenvalue weighted by Crippen LogP contribution is -1.89. The molecular weight excluding hydrogens is 128 g/mol. The van der Waals surface area contributed by atoms with Crippen LogP contribution >= 0.6 is 11.3 Å². The number of aromatic nitrogens is 1. The van der Waals surface area contributed by atoms with Gasteiger partial charge in [0.1, 0.15) is 0 Å². The third-order valence-corrected chi connectivity index (χ3v) is 1.36. The quantitative estimate of drug-likeness (QED) is 0.454. The average Bonchev–Trinajstić information content (AvgIpc) is 1.85. The van der Waals surface area contributed by atoms with Crippen LogP contribution in [0, 0.1) is 0 Å². The Morgan fingerprint density at radius 3 is 2.50 bits per heavy atom. The van der Waals surface area contributed by atoms with E-state index in [-0.39, 0.29) is 15.8 Å². The van der Waals surface area contributed by atoms with Gasteiger partial charge in [0.2, 0.25) is 5.88 Å². The molecule has 0 radical (unpaired) electrons. The Labute approximate surface area is 48.6 Å². The van der Waals surface area contributed by atoms with Gasteiger partial charge in [0, 0.05) is 0 Å². The van der Waals surface area contributed by atoms with Crippen LogP contribution in [-0.2, 0) is 0 Å². The summed E-state index contributed by atoms with van der Waals surface area (Å²) < 4.78 is 0. The van der Waals surface area contributed by atoms with Crippen LogP contribution in [0.2, 0.25) is 0 Å². The Morgan fingerprint density at radius 1 is 1.75 bits per heavy atom. The highest BCUT2D eigenvalue weighted by molar-refractivity contribution is 7.13. The van der Waals surface area contributed by atoms with Crippen molar-refractivity contribution in [1.29, 1.82) is 0 Å². The minimum atomic E-state index is -0.333. The third-order valence-electron chi connectivity index (χ3n) is 0.657. The van der Waals surface area contributed by atoms with Gasteiger partial charge in [-0.15, -0.1) is 0 Å². The molecule has 1 aromatic rings. The lowest BCUT2D eigenvalue weighted by molar-refractivity contribution is 0.458. The molecule has 0 saturated heterocycles. The number of aromatic amines is 1. The predicted octanol–water partition coefficient (Wildman–Crippen LogP) is -0.276. The summed E-state index contributed by atoms with van der Waals surface area (Å²) >= 11 is 0.786. The maximum Gasteiger partial charge on any atom is 0.309 e. The Balaban J connectivity index is 3.35. The fourth-order valence-electron chi connectivity index (χ4n) is 0.332. The summed E-state index contributed by atoms with van der Waals surface area (Å²) in [6.07, 6.45) is 0. The first-order valence-electron chi connectivity index (χ1n) is 1.87. The molecule has 0 aliphatic heterocycles. The molecule has 8 heavy (non-hydrogen) atoms. The smallest absolute Gasteiger partial charge is 0.309 e. The second-order valence-corrected chi connectivity index (χ2v) is 2.24. The normalized spacial score (nSPS) is 9.50. The summed E-state index contributed by atoms with van der Waals surface area (Å²) in [5.41, 5.74) is 5.08. The number of nitrogens with one attached hydrogen (secondary N) is 1. The van der Waals surface area contributed by atoms with Crippen molar-refractivity contribution < 1.29 is 5.11 Å². The Hall–Kier alpha value is -0.970. The zero-order chi connectivity index (χ0) is 6.15. The highest BCUT2D eigenvalue weighted by Gasteiger charge is 1.98. The van der Waals surface area contributed by atoms with Crippen molar-refractivity contribution in [2.75, 3.05) is 5.73 Å². The van der Waals surface area contributed by atoms with Crippen LogP contribution < -0.4 is 10.6 Å². The van der Waals surface area contributed by atoms with Gasteiger partial charge in [-0.05, 0) is 0 Å². The van der Waals surface area contributed by atoms with E-state index in [9.17, 15) is 4.79 Å².